The van der Waals surface area contributed by atoms with Gasteiger partial charge in [0.2, 0.25) is 0 Å². The van der Waals surface area contributed by atoms with E-state index in [0.29, 0.717) is 18.1 Å². The molecule has 2 unspecified atom stereocenters. The second-order valence-corrected chi connectivity index (χ2v) is 2.92. The summed E-state index contributed by atoms with van der Waals surface area (Å²) in [7, 11) is 0. The highest BCUT2D eigenvalue weighted by atomic mass is 16.5. The number of hydrogen-bond acceptors (Lipinski definition) is 3. The Bertz CT molecular complexity index is 122. The van der Waals surface area contributed by atoms with Crippen LogP contribution in [0.4, 0.5) is 0 Å². The Morgan fingerprint density at radius 3 is 3.00 bits per heavy atom. The van der Waals surface area contributed by atoms with Crippen molar-refractivity contribution >= 4 is 0 Å². The molecule has 0 radical (unpaired) electrons. The third-order valence-electron chi connectivity index (χ3n) is 2.30. The standard InChI is InChI=1S/C6H12N2O/c1-4-5-6(4)9-3-2-8(5)7/h4-6H,2-3,7H2,1H3/t4-,5?,6?/m0/s1. The molecular weight excluding hydrogens is 116 g/mol. The summed E-state index contributed by atoms with van der Waals surface area (Å²) in [5, 5.41) is 1.90. The van der Waals surface area contributed by atoms with Gasteiger partial charge in [-0.15, -0.1) is 0 Å². The molecule has 1 aliphatic heterocycles. The van der Waals surface area contributed by atoms with Gasteiger partial charge in [-0.25, -0.2) is 5.01 Å². The minimum Gasteiger partial charge on any atom is -0.375 e. The third kappa shape index (κ3) is 0.689. The van der Waals surface area contributed by atoms with Crippen LogP contribution in [0.25, 0.3) is 0 Å². The van der Waals surface area contributed by atoms with Crippen LogP contribution in [0.5, 0.6) is 0 Å². The molecule has 2 N–H and O–H groups in total. The van der Waals surface area contributed by atoms with Crippen molar-refractivity contribution in [2.45, 2.75) is 19.1 Å². The Labute approximate surface area is 54.7 Å². The number of rotatable bonds is 0. The Hall–Kier alpha value is -0.120. The zero-order valence-corrected chi connectivity index (χ0v) is 5.58. The van der Waals surface area contributed by atoms with E-state index in [2.05, 4.69) is 6.92 Å². The van der Waals surface area contributed by atoms with Crippen LogP contribution in [0.15, 0.2) is 0 Å². The number of hydrogen-bond donors (Lipinski definition) is 1. The zero-order valence-electron chi connectivity index (χ0n) is 5.58. The maximum atomic E-state index is 5.66. The van der Waals surface area contributed by atoms with E-state index >= 15 is 0 Å². The lowest BCUT2D eigenvalue weighted by Gasteiger charge is -2.20. The number of hydrazine groups is 1. The van der Waals surface area contributed by atoms with Gasteiger partial charge in [-0.05, 0) is 0 Å². The van der Waals surface area contributed by atoms with Crippen molar-refractivity contribution in [2.75, 3.05) is 13.2 Å². The lowest BCUT2D eigenvalue weighted by molar-refractivity contribution is 0.0302. The van der Waals surface area contributed by atoms with E-state index < -0.39 is 0 Å². The lowest BCUT2D eigenvalue weighted by Crippen LogP contribution is -2.41. The van der Waals surface area contributed by atoms with Gasteiger partial charge in [0.05, 0.1) is 18.8 Å². The molecular formula is C6H12N2O. The number of nitrogens with zero attached hydrogens (tertiary/aromatic N) is 1. The van der Waals surface area contributed by atoms with Gasteiger partial charge in [0.25, 0.3) is 0 Å². The number of ether oxygens (including phenoxy) is 1. The average Bonchev–Trinajstić information content (AvgIpc) is 2.45. The molecule has 52 valence electrons. The molecule has 2 aliphatic rings. The molecule has 0 aromatic heterocycles. The summed E-state index contributed by atoms with van der Waals surface area (Å²) in [6.07, 6.45) is 0.448. The van der Waals surface area contributed by atoms with E-state index in [0.717, 1.165) is 13.2 Å². The Balaban J connectivity index is 2.02. The third-order valence-corrected chi connectivity index (χ3v) is 2.30. The van der Waals surface area contributed by atoms with E-state index in [1.54, 1.807) is 0 Å². The number of fused-ring (bicyclic) bond motifs is 1. The van der Waals surface area contributed by atoms with Crippen molar-refractivity contribution in [2.24, 2.45) is 11.8 Å². The molecule has 1 heterocycles. The van der Waals surface area contributed by atoms with Crippen LogP contribution in [-0.2, 0) is 4.74 Å². The Kier molecular flexibility index (Phi) is 1.06. The van der Waals surface area contributed by atoms with Crippen molar-refractivity contribution in [1.29, 1.82) is 0 Å². The first-order valence-electron chi connectivity index (χ1n) is 3.43. The van der Waals surface area contributed by atoms with Crippen LogP contribution < -0.4 is 5.84 Å². The SMILES string of the molecule is C[C@@H]1C2OCCN(N)C21. The fourth-order valence-electron chi connectivity index (χ4n) is 1.59. The zero-order chi connectivity index (χ0) is 6.43. The lowest BCUT2D eigenvalue weighted by atomic mass is 10.4. The molecule has 9 heavy (non-hydrogen) atoms. The van der Waals surface area contributed by atoms with E-state index in [9.17, 15) is 0 Å². The first-order valence-corrected chi connectivity index (χ1v) is 3.43. The molecule has 2 rings (SSSR count). The summed E-state index contributed by atoms with van der Waals surface area (Å²) in [5.74, 6) is 6.33. The Morgan fingerprint density at radius 1 is 1.67 bits per heavy atom. The Morgan fingerprint density at radius 2 is 2.44 bits per heavy atom. The van der Waals surface area contributed by atoms with Crippen molar-refractivity contribution in [3.8, 4) is 0 Å². The largest absolute Gasteiger partial charge is 0.375 e. The van der Waals surface area contributed by atoms with Crippen LogP contribution >= 0.6 is 0 Å². The molecule has 0 amide bonds. The summed E-state index contributed by atoms with van der Waals surface area (Å²) < 4.78 is 5.41. The van der Waals surface area contributed by atoms with Crippen molar-refractivity contribution in [3.05, 3.63) is 0 Å². The maximum absolute atomic E-state index is 5.66. The predicted octanol–water partition coefficient (Wildman–Crippen LogP) is -0.421. The highest BCUT2D eigenvalue weighted by Crippen LogP contribution is 2.39. The second kappa shape index (κ2) is 1.68. The summed E-state index contributed by atoms with van der Waals surface area (Å²) >= 11 is 0. The van der Waals surface area contributed by atoms with Crippen LogP contribution in [0.3, 0.4) is 0 Å². The normalized spacial score (nSPS) is 50.7. The minimum atomic E-state index is 0.448. The minimum absolute atomic E-state index is 0.448. The fraction of sp³-hybridized carbons (Fsp3) is 1.00. The molecule has 1 saturated heterocycles. The predicted molar refractivity (Wildman–Crippen MR) is 33.6 cm³/mol. The molecule has 0 aromatic rings. The van der Waals surface area contributed by atoms with Gasteiger partial charge < -0.3 is 4.74 Å². The summed E-state index contributed by atoms with van der Waals surface area (Å²) in [6.45, 7) is 3.88. The molecule has 3 heteroatoms. The van der Waals surface area contributed by atoms with Gasteiger partial charge in [0.1, 0.15) is 0 Å². The quantitative estimate of drug-likeness (QED) is 0.450. The number of morpholine rings is 1. The molecule has 0 spiro atoms. The van der Waals surface area contributed by atoms with Crippen LogP contribution in [0, 0.1) is 5.92 Å². The molecule has 1 aliphatic carbocycles. The molecule has 0 aromatic carbocycles. The van der Waals surface area contributed by atoms with E-state index in [-0.39, 0.29) is 0 Å². The van der Waals surface area contributed by atoms with Crippen LogP contribution in [0.2, 0.25) is 0 Å². The summed E-state index contributed by atoms with van der Waals surface area (Å²) in [6, 6.07) is 0.527. The van der Waals surface area contributed by atoms with Gasteiger partial charge in [0.15, 0.2) is 0 Å². The van der Waals surface area contributed by atoms with Gasteiger partial charge in [-0.2, -0.15) is 0 Å². The smallest absolute Gasteiger partial charge is 0.0790 e. The number of nitrogens with two attached hydrogens (primary N) is 1. The van der Waals surface area contributed by atoms with Gasteiger partial charge in [0, 0.05) is 12.5 Å². The van der Waals surface area contributed by atoms with Crippen molar-refractivity contribution in [3.63, 3.8) is 0 Å². The highest BCUT2D eigenvalue weighted by Gasteiger charge is 2.52. The molecule has 1 saturated carbocycles. The van der Waals surface area contributed by atoms with E-state index in [1.807, 2.05) is 5.01 Å². The van der Waals surface area contributed by atoms with E-state index in [1.165, 1.54) is 0 Å². The molecule has 3 atom stereocenters. The average molecular weight is 128 g/mol. The van der Waals surface area contributed by atoms with Gasteiger partial charge in [-0.3, -0.25) is 5.84 Å². The van der Waals surface area contributed by atoms with Crippen LogP contribution in [0.1, 0.15) is 6.92 Å². The molecule has 3 nitrogen and oxygen atoms in total. The molecule has 0 bridgehead atoms. The van der Waals surface area contributed by atoms with Gasteiger partial charge in [-0.1, -0.05) is 6.92 Å². The maximum Gasteiger partial charge on any atom is 0.0790 e. The van der Waals surface area contributed by atoms with Crippen LogP contribution in [-0.4, -0.2) is 30.3 Å². The van der Waals surface area contributed by atoms with Gasteiger partial charge >= 0.3 is 0 Å². The van der Waals surface area contributed by atoms with Crippen molar-refractivity contribution in [1.82, 2.24) is 5.01 Å². The summed E-state index contributed by atoms with van der Waals surface area (Å²) in [4.78, 5) is 0. The molecule has 2 fully saturated rings. The first-order chi connectivity index (χ1) is 4.30. The highest BCUT2D eigenvalue weighted by molar-refractivity contribution is 5.04. The second-order valence-electron chi connectivity index (χ2n) is 2.92. The van der Waals surface area contributed by atoms with E-state index in [4.69, 9.17) is 10.6 Å². The fourth-order valence-corrected chi connectivity index (χ4v) is 1.59. The van der Waals surface area contributed by atoms with Crippen molar-refractivity contribution < 1.29 is 4.74 Å². The topological polar surface area (TPSA) is 38.5 Å². The first kappa shape index (κ1) is 5.65. The monoisotopic (exact) mass is 128 g/mol. The summed E-state index contributed by atoms with van der Waals surface area (Å²) in [5.41, 5.74) is 0.